The fourth-order valence-corrected chi connectivity index (χ4v) is 5.36. The quantitative estimate of drug-likeness (QED) is 0.746. The summed E-state index contributed by atoms with van der Waals surface area (Å²) >= 11 is 0. The molecule has 1 saturated heterocycles. The molecule has 1 N–H and O–H groups in total. The molecule has 0 radical (unpaired) electrons. The molecule has 1 fully saturated rings. The van der Waals surface area contributed by atoms with Crippen molar-refractivity contribution in [3.05, 3.63) is 53.6 Å². The Morgan fingerprint density at radius 1 is 1.17 bits per heavy atom. The summed E-state index contributed by atoms with van der Waals surface area (Å²) in [4.78, 5) is 12.9. The van der Waals surface area contributed by atoms with Gasteiger partial charge in [0.25, 0.3) is 0 Å². The van der Waals surface area contributed by atoms with E-state index in [4.69, 9.17) is 4.74 Å². The number of hydrogen-bond donors (Lipinski definition) is 1. The van der Waals surface area contributed by atoms with Gasteiger partial charge in [-0.05, 0) is 55.5 Å². The van der Waals surface area contributed by atoms with Gasteiger partial charge in [0.2, 0.25) is 15.9 Å². The largest absolute Gasteiger partial charge is 0.495 e. The molecule has 1 atom stereocenters. The zero-order chi connectivity index (χ0) is 21.9. The Morgan fingerprint density at radius 2 is 1.87 bits per heavy atom. The third kappa shape index (κ3) is 4.84. The van der Waals surface area contributed by atoms with Gasteiger partial charge in [-0.3, -0.25) is 4.79 Å². The van der Waals surface area contributed by atoms with Crippen LogP contribution in [-0.4, -0.2) is 38.8 Å². The number of ether oxygens (including phenoxy) is 1. The highest BCUT2D eigenvalue weighted by atomic mass is 32.2. The molecule has 162 valence electrons. The molecule has 0 aliphatic carbocycles. The number of carbonyl (C=O) groups excluding carboxylic acids is 1. The van der Waals surface area contributed by atoms with E-state index >= 15 is 0 Å². The Morgan fingerprint density at radius 3 is 2.50 bits per heavy atom. The van der Waals surface area contributed by atoms with Crippen molar-refractivity contribution in [1.82, 2.24) is 4.31 Å². The zero-order valence-electron chi connectivity index (χ0n) is 18.0. The molecule has 6 nitrogen and oxygen atoms in total. The first-order valence-corrected chi connectivity index (χ1v) is 11.7. The molecular weight excluding hydrogens is 400 g/mol. The fourth-order valence-electron chi connectivity index (χ4n) is 3.65. The van der Waals surface area contributed by atoms with Gasteiger partial charge in [0.1, 0.15) is 10.6 Å². The molecule has 0 saturated carbocycles. The molecule has 1 amide bonds. The van der Waals surface area contributed by atoms with E-state index in [1.165, 1.54) is 11.4 Å². The topological polar surface area (TPSA) is 75.7 Å². The van der Waals surface area contributed by atoms with Gasteiger partial charge >= 0.3 is 0 Å². The Bertz CT molecular complexity index is 1000. The Kier molecular flexibility index (Phi) is 6.83. The number of hydrogen-bond acceptors (Lipinski definition) is 4. The van der Waals surface area contributed by atoms with E-state index in [2.05, 4.69) is 5.32 Å². The van der Waals surface area contributed by atoms with Crippen LogP contribution in [0.1, 0.15) is 43.7 Å². The molecule has 1 heterocycles. The van der Waals surface area contributed by atoms with Crippen LogP contribution in [0.3, 0.4) is 0 Å². The summed E-state index contributed by atoms with van der Waals surface area (Å²) in [5.41, 5.74) is 2.76. The summed E-state index contributed by atoms with van der Waals surface area (Å²) in [6.45, 7) is 6.58. The van der Waals surface area contributed by atoms with Gasteiger partial charge in [0, 0.05) is 18.8 Å². The van der Waals surface area contributed by atoms with E-state index in [0.717, 1.165) is 16.8 Å². The summed E-state index contributed by atoms with van der Waals surface area (Å²) in [5.74, 6) is -0.0272. The summed E-state index contributed by atoms with van der Waals surface area (Å²) < 4.78 is 33.6. The predicted octanol–water partition coefficient (Wildman–Crippen LogP) is 4.17. The van der Waals surface area contributed by atoms with Crippen molar-refractivity contribution in [3.8, 4) is 5.75 Å². The molecule has 3 rings (SSSR count). The first-order chi connectivity index (χ1) is 14.2. The van der Waals surface area contributed by atoms with E-state index in [1.54, 1.807) is 12.1 Å². The van der Waals surface area contributed by atoms with Gasteiger partial charge in [-0.25, -0.2) is 8.42 Å². The van der Waals surface area contributed by atoms with Crippen molar-refractivity contribution < 1.29 is 17.9 Å². The van der Waals surface area contributed by atoms with Crippen LogP contribution < -0.4 is 10.1 Å². The molecule has 30 heavy (non-hydrogen) atoms. The van der Waals surface area contributed by atoms with Gasteiger partial charge in [-0.2, -0.15) is 4.31 Å². The number of nitrogens with one attached hydrogen (secondary N) is 1. The van der Waals surface area contributed by atoms with Crippen molar-refractivity contribution in [2.45, 2.75) is 44.4 Å². The van der Waals surface area contributed by atoms with Gasteiger partial charge in [-0.1, -0.05) is 37.6 Å². The van der Waals surface area contributed by atoms with Crippen LogP contribution in [0.25, 0.3) is 0 Å². The van der Waals surface area contributed by atoms with E-state index < -0.39 is 15.9 Å². The molecule has 7 heteroatoms. The summed E-state index contributed by atoms with van der Waals surface area (Å²) in [6, 6.07) is 12.8. The normalized spacial score (nSPS) is 17.7. The first kappa shape index (κ1) is 22.3. The Balaban J connectivity index is 1.81. The van der Waals surface area contributed by atoms with E-state index in [-0.39, 0.29) is 23.3 Å². The lowest BCUT2D eigenvalue weighted by atomic mass is 9.98. The minimum Gasteiger partial charge on any atom is -0.495 e. The van der Waals surface area contributed by atoms with Gasteiger partial charge < -0.3 is 10.1 Å². The van der Waals surface area contributed by atoms with Crippen LogP contribution in [0, 0.1) is 12.8 Å². The maximum Gasteiger partial charge on any atom is 0.246 e. The molecule has 1 aliphatic rings. The molecule has 1 aliphatic heterocycles. The summed E-state index contributed by atoms with van der Waals surface area (Å²) in [6.07, 6.45) is 1.30. The minimum atomic E-state index is -3.78. The smallest absolute Gasteiger partial charge is 0.246 e. The van der Waals surface area contributed by atoms with E-state index in [9.17, 15) is 13.2 Å². The maximum absolute atomic E-state index is 13.4. The van der Waals surface area contributed by atoms with Crippen molar-refractivity contribution in [3.63, 3.8) is 0 Å². The fraction of sp³-hybridized carbons (Fsp3) is 0.435. The average molecular weight is 431 g/mol. The molecule has 0 spiro atoms. The van der Waals surface area contributed by atoms with Crippen LogP contribution in [0.4, 0.5) is 5.69 Å². The highest BCUT2D eigenvalue weighted by Crippen LogP contribution is 2.32. The number of methoxy groups -OCH3 is 1. The van der Waals surface area contributed by atoms with Crippen LogP contribution in [0.2, 0.25) is 0 Å². The Hall–Kier alpha value is -2.38. The van der Waals surface area contributed by atoms with E-state index in [1.807, 2.05) is 51.1 Å². The second-order valence-electron chi connectivity index (χ2n) is 8.12. The summed E-state index contributed by atoms with van der Waals surface area (Å²) in [5, 5.41) is 2.91. The highest BCUT2D eigenvalue weighted by Gasteiger charge is 2.35. The number of piperidine rings is 1. The number of sulfonamides is 1. The van der Waals surface area contributed by atoms with Crippen molar-refractivity contribution in [2.75, 3.05) is 25.5 Å². The molecule has 0 aromatic heterocycles. The lowest BCUT2D eigenvalue weighted by molar-refractivity contribution is -0.120. The molecule has 2 aromatic carbocycles. The third-order valence-corrected chi connectivity index (χ3v) is 7.43. The van der Waals surface area contributed by atoms with Crippen LogP contribution in [0.15, 0.2) is 47.4 Å². The number of benzene rings is 2. The lowest BCUT2D eigenvalue weighted by Crippen LogP contribution is -2.43. The van der Waals surface area contributed by atoms with Crippen molar-refractivity contribution in [1.29, 1.82) is 0 Å². The highest BCUT2D eigenvalue weighted by molar-refractivity contribution is 7.89. The predicted molar refractivity (Wildman–Crippen MR) is 118 cm³/mol. The number of nitrogens with zero attached hydrogens (tertiary/aromatic N) is 1. The number of carbonyl (C=O) groups is 1. The monoisotopic (exact) mass is 430 g/mol. The third-order valence-electron chi connectivity index (χ3n) is 5.55. The molecular formula is C23H30N2O4S. The SMILES string of the molecule is COc1ccc(C(C)C)cc1S(=O)(=O)N1CCC[C@H](C(=O)Nc2ccc(C)cc2)C1. The molecule has 0 bridgehead atoms. The second-order valence-corrected chi connectivity index (χ2v) is 10.0. The minimum absolute atomic E-state index is 0.151. The van der Waals surface area contributed by atoms with Crippen molar-refractivity contribution in [2.24, 2.45) is 5.92 Å². The van der Waals surface area contributed by atoms with Crippen molar-refractivity contribution >= 4 is 21.6 Å². The zero-order valence-corrected chi connectivity index (χ0v) is 18.8. The standard InChI is InChI=1S/C23H30N2O4S/c1-16(2)18-9-12-21(29-4)22(14-18)30(27,28)25-13-5-6-19(15-25)23(26)24-20-10-7-17(3)8-11-20/h7-12,14,16,19H,5-6,13,15H2,1-4H3,(H,24,26)/t19-/m0/s1. The molecule has 2 aromatic rings. The van der Waals surface area contributed by atoms with Gasteiger partial charge in [0.05, 0.1) is 13.0 Å². The molecule has 0 unspecified atom stereocenters. The Labute approximate surface area is 179 Å². The number of anilines is 1. The van der Waals surface area contributed by atoms with Crippen LogP contribution >= 0.6 is 0 Å². The number of aryl methyl sites for hydroxylation is 1. The van der Waals surface area contributed by atoms with E-state index in [0.29, 0.717) is 25.1 Å². The number of rotatable bonds is 6. The lowest BCUT2D eigenvalue weighted by Gasteiger charge is -2.31. The maximum atomic E-state index is 13.4. The van der Waals surface area contributed by atoms with Gasteiger partial charge in [0.15, 0.2) is 0 Å². The van der Waals surface area contributed by atoms with Crippen LogP contribution in [0.5, 0.6) is 5.75 Å². The number of amides is 1. The summed E-state index contributed by atoms with van der Waals surface area (Å²) in [7, 11) is -2.31. The second kappa shape index (κ2) is 9.18. The van der Waals surface area contributed by atoms with Crippen LogP contribution in [-0.2, 0) is 14.8 Å². The first-order valence-electron chi connectivity index (χ1n) is 10.3. The van der Waals surface area contributed by atoms with Gasteiger partial charge in [-0.15, -0.1) is 0 Å². The average Bonchev–Trinajstić information content (AvgIpc) is 2.74.